The van der Waals surface area contributed by atoms with Crippen LogP contribution in [0.2, 0.25) is 0 Å². The van der Waals surface area contributed by atoms with Gasteiger partial charge in [0.1, 0.15) is 5.82 Å². The molecule has 19 heavy (non-hydrogen) atoms. The number of carboxylic acid groups (broad SMARTS) is 1. The van der Waals surface area contributed by atoms with Crippen LogP contribution >= 0.6 is 0 Å². The first-order chi connectivity index (χ1) is 9.22. The molecule has 1 saturated heterocycles. The molecule has 1 aliphatic heterocycles. The van der Waals surface area contributed by atoms with Gasteiger partial charge in [-0.2, -0.15) is 0 Å². The lowest BCUT2D eigenvalue weighted by molar-refractivity contribution is -0.135. The summed E-state index contributed by atoms with van der Waals surface area (Å²) in [4.78, 5) is 11.8. The second kappa shape index (κ2) is 4.15. The Bertz CT molecular complexity index is 407. The zero-order valence-corrected chi connectivity index (χ0v) is 11.2. The van der Waals surface area contributed by atoms with Crippen molar-refractivity contribution in [2.24, 2.45) is 29.6 Å². The SMILES string of the molecule is O=C(O)C(=C1NCCN1)C1C2CC3CC(C2)CC1C3. The van der Waals surface area contributed by atoms with E-state index in [1.165, 1.54) is 32.1 Å². The normalized spacial score (nSPS) is 42.9. The Morgan fingerprint density at radius 2 is 1.47 bits per heavy atom. The fourth-order valence-electron chi connectivity index (χ4n) is 5.44. The van der Waals surface area contributed by atoms with E-state index in [2.05, 4.69) is 10.6 Å². The van der Waals surface area contributed by atoms with E-state index in [9.17, 15) is 9.90 Å². The zero-order valence-electron chi connectivity index (χ0n) is 11.2. The lowest BCUT2D eigenvalue weighted by atomic mass is 9.50. The van der Waals surface area contributed by atoms with E-state index in [0.29, 0.717) is 23.3 Å². The van der Waals surface area contributed by atoms with Gasteiger partial charge in [-0.05, 0) is 55.8 Å². The van der Waals surface area contributed by atoms with Gasteiger partial charge in [0.15, 0.2) is 0 Å². The van der Waals surface area contributed by atoms with Gasteiger partial charge in [-0.25, -0.2) is 4.79 Å². The van der Waals surface area contributed by atoms with Crippen LogP contribution in [0.3, 0.4) is 0 Å². The van der Waals surface area contributed by atoms with E-state index < -0.39 is 5.97 Å². The predicted molar refractivity (Wildman–Crippen MR) is 71.2 cm³/mol. The number of hydrogen-bond acceptors (Lipinski definition) is 3. The Hall–Kier alpha value is -1.19. The molecule has 104 valence electrons. The summed E-state index contributed by atoms with van der Waals surface area (Å²) in [6.07, 6.45) is 6.47. The van der Waals surface area contributed by atoms with E-state index in [1.54, 1.807) is 0 Å². The first-order valence-corrected chi connectivity index (χ1v) is 7.67. The molecule has 5 fully saturated rings. The molecule has 0 aromatic rings. The lowest BCUT2D eigenvalue weighted by Crippen LogP contribution is -2.47. The van der Waals surface area contributed by atoms with Gasteiger partial charge >= 0.3 is 5.97 Å². The van der Waals surface area contributed by atoms with Crippen molar-refractivity contribution < 1.29 is 9.90 Å². The van der Waals surface area contributed by atoms with Crippen molar-refractivity contribution in [1.29, 1.82) is 0 Å². The van der Waals surface area contributed by atoms with Gasteiger partial charge in [0.05, 0.1) is 5.57 Å². The Kier molecular flexibility index (Phi) is 2.54. The van der Waals surface area contributed by atoms with E-state index in [0.717, 1.165) is 30.7 Å². The van der Waals surface area contributed by atoms with Crippen molar-refractivity contribution in [3.8, 4) is 0 Å². The molecule has 4 heteroatoms. The van der Waals surface area contributed by atoms with Crippen molar-refractivity contribution >= 4 is 5.97 Å². The van der Waals surface area contributed by atoms with Crippen LogP contribution in [-0.4, -0.2) is 24.2 Å². The van der Waals surface area contributed by atoms with Crippen LogP contribution in [0.1, 0.15) is 32.1 Å². The molecule has 4 bridgehead atoms. The van der Waals surface area contributed by atoms with Crippen LogP contribution in [0.15, 0.2) is 11.4 Å². The molecule has 4 nitrogen and oxygen atoms in total. The minimum absolute atomic E-state index is 0.290. The number of carboxylic acids is 1. The van der Waals surface area contributed by atoms with Gasteiger partial charge in [0.25, 0.3) is 0 Å². The monoisotopic (exact) mass is 262 g/mol. The van der Waals surface area contributed by atoms with E-state index >= 15 is 0 Å². The van der Waals surface area contributed by atoms with Crippen molar-refractivity contribution in [3.05, 3.63) is 11.4 Å². The molecule has 3 N–H and O–H groups in total. The van der Waals surface area contributed by atoms with Crippen LogP contribution < -0.4 is 10.6 Å². The number of nitrogens with one attached hydrogen (secondary N) is 2. The van der Waals surface area contributed by atoms with Crippen LogP contribution in [0.4, 0.5) is 0 Å². The maximum Gasteiger partial charge on any atom is 0.335 e. The number of hydrogen-bond donors (Lipinski definition) is 3. The maximum absolute atomic E-state index is 11.8. The van der Waals surface area contributed by atoms with Gasteiger partial charge in [0.2, 0.25) is 0 Å². The Balaban J connectivity index is 1.70. The van der Waals surface area contributed by atoms with Gasteiger partial charge in [-0.3, -0.25) is 0 Å². The lowest BCUT2D eigenvalue weighted by Gasteiger charge is -2.54. The summed E-state index contributed by atoms with van der Waals surface area (Å²) in [5.41, 5.74) is 0.659. The largest absolute Gasteiger partial charge is 0.478 e. The van der Waals surface area contributed by atoms with Crippen LogP contribution in [0, 0.1) is 29.6 Å². The standard InChI is InChI=1S/C15H22N2O2/c18-15(19)13(14-16-1-2-17-14)12-10-4-8-3-9(6-10)7-11(12)5-8/h8-12,16-17H,1-7H2,(H,18,19). The van der Waals surface area contributed by atoms with Gasteiger partial charge in [-0.15, -0.1) is 0 Å². The summed E-state index contributed by atoms with van der Waals surface area (Å²) >= 11 is 0. The summed E-state index contributed by atoms with van der Waals surface area (Å²) < 4.78 is 0. The molecular formula is C15H22N2O2. The van der Waals surface area contributed by atoms with Crippen molar-refractivity contribution in [3.63, 3.8) is 0 Å². The van der Waals surface area contributed by atoms with Gasteiger partial charge in [0, 0.05) is 19.0 Å². The summed E-state index contributed by atoms with van der Waals surface area (Å²) in [7, 11) is 0. The van der Waals surface area contributed by atoms with Crippen molar-refractivity contribution in [2.75, 3.05) is 13.1 Å². The van der Waals surface area contributed by atoms with Crippen LogP contribution in [-0.2, 0) is 4.79 Å². The average molecular weight is 262 g/mol. The number of aliphatic carboxylic acids is 1. The molecule has 0 atom stereocenters. The maximum atomic E-state index is 11.8. The third-order valence-electron chi connectivity index (χ3n) is 5.79. The predicted octanol–water partition coefficient (Wildman–Crippen LogP) is 1.55. The van der Waals surface area contributed by atoms with Gasteiger partial charge in [-0.1, -0.05) is 0 Å². The average Bonchev–Trinajstić information content (AvgIpc) is 2.85. The molecule has 0 aromatic heterocycles. The van der Waals surface area contributed by atoms with Gasteiger partial charge < -0.3 is 15.7 Å². The van der Waals surface area contributed by atoms with E-state index in [1.807, 2.05) is 0 Å². The molecule has 0 aromatic carbocycles. The molecule has 0 amide bonds. The van der Waals surface area contributed by atoms with Crippen molar-refractivity contribution in [1.82, 2.24) is 10.6 Å². The minimum atomic E-state index is -0.714. The molecule has 4 aliphatic carbocycles. The highest BCUT2D eigenvalue weighted by molar-refractivity contribution is 5.88. The summed E-state index contributed by atoms with van der Waals surface area (Å²) in [5.74, 6) is 3.42. The molecular weight excluding hydrogens is 240 g/mol. The third-order valence-corrected chi connectivity index (χ3v) is 5.79. The smallest absolute Gasteiger partial charge is 0.335 e. The number of carbonyl (C=O) groups is 1. The second-order valence-corrected chi connectivity index (χ2v) is 6.90. The number of rotatable bonds is 2. The molecule has 5 aliphatic rings. The Labute approximate surface area is 113 Å². The van der Waals surface area contributed by atoms with Crippen molar-refractivity contribution in [2.45, 2.75) is 32.1 Å². The highest BCUT2D eigenvalue weighted by atomic mass is 16.4. The summed E-state index contributed by atoms with van der Waals surface area (Å²) in [6.45, 7) is 1.69. The van der Waals surface area contributed by atoms with E-state index in [4.69, 9.17) is 0 Å². The highest BCUT2D eigenvalue weighted by Crippen LogP contribution is 2.58. The van der Waals surface area contributed by atoms with E-state index in [-0.39, 0.29) is 0 Å². The summed E-state index contributed by atoms with van der Waals surface area (Å²) in [6, 6.07) is 0. The van der Waals surface area contributed by atoms with Crippen LogP contribution in [0.25, 0.3) is 0 Å². The fourth-order valence-corrected chi connectivity index (χ4v) is 5.44. The first kappa shape index (κ1) is 11.6. The Morgan fingerprint density at radius 3 is 1.95 bits per heavy atom. The molecule has 4 saturated carbocycles. The molecule has 1 heterocycles. The molecule has 0 unspecified atom stereocenters. The minimum Gasteiger partial charge on any atom is -0.478 e. The zero-order chi connectivity index (χ0) is 13.0. The molecule has 0 spiro atoms. The quantitative estimate of drug-likeness (QED) is 0.661. The third kappa shape index (κ3) is 1.76. The highest BCUT2D eigenvalue weighted by Gasteiger charge is 2.51. The summed E-state index contributed by atoms with van der Waals surface area (Å²) in [5, 5.41) is 16.1. The van der Waals surface area contributed by atoms with Crippen LogP contribution in [0.5, 0.6) is 0 Å². The Morgan fingerprint density at radius 1 is 0.947 bits per heavy atom. The second-order valence-electron chi connectivity index (χ2n) is 6.90. The molecule has 0 radical (unpaired) electrons. The fraction of sp³-hybridized carbons (Fsp3) is 0.800. The molecule has 5 rings (SSSR count). The first-order valence-electron chi connectivity index (χ1n) is 7.67. The topological polar surface area (TPSA) is 61.4 Å².